The summed E-state index contributed by atoms with van der Waals surface area (Å²) in [6, 6.07) is 29.0. The molecule has 1 heterocycles. The van der Waals surface area contributed by atoms with Gasteiger partial charge in [0.15, 0.2) is 0 Å². The Balaban J connectivity index is 1.99. The van der Waals surface area contributed by atoms with Gasteiger partial charge in [0.1, 0.15) is 11.3 Å². The fourth-order valence-corrected chi connectivity index (χ4v) is 5.73. The Bertz CT molecular complexity index is 1040. The highest BCUT2D eigenvalue weighted by Crippen LogP contribution is 2.53. The molecule has 5 heteroatoms. The standard InChI is InChI=1S/C25H24N2O2S/c1-26(2)22-21(18-12-6-3-7-13-18)24(19-14-8-4-9-15-19)30-25(23(22)27(28)29)20-16-10-5-11-17-20/h3-17,22-23,25H,1-2H3/t22-,23-,25+/m1/s1. The van der Waals surface area contributed by atoms with Crippen LogP contribution in [0.4, 0.5) is 0 Å². The van der Waals surface area contributed by atoms with E-state index in [1.807, 2.05) is 85.7 Å². The Hall–Kier alpha value is -2.89. The molecule has 152 valence electrons. The second kappa shape index (κ2) is 8.86. The van der Waals surface area contributed by atoms with Gasteiger partial charge in [-0.05, 0) is 36.4 Å². The highest BCUT2D eigenvalue weighted by atomic mass is 32.2. The number of hydrogen-bond acceptors (Lipinski definition) is 4. The fourth-order valence-electron chi connectivity index (χ4n) is 4.16. The van der Waals surface area contributed by atoms with Crippen LogP contribution in [0.15, 0.2) is 91.0 Å². The molecule has 0 unspecified atom stereocenters. The average molecular weight is 417 g/mol. The molecule has 1 aliphatic rings. The first-order chi connectivity index (χ1) is 14.6. The normalized spacial score (nSPS) is 21.6. The predicted molar refractivity (Wildman–Crippen MR) is 125 cm³/mol. The maximum atomic E-state index is 12.4. The summed E-state index contributed by atoms with van der Waals surface area (Å²) in [5, 5.41) is 12.1. The van der Waals surface area contributed by atoms with Gasteiger partial charge in [0.2, 0.25) is 6.04 Å². The largest absolute Gasteiger partial charge is 0.296 e. The molecule has 0 bridgehead atoms. The Morgan fingerprint density at radius 1 is 0.800 bits per heavy atom. The number of hydrogen-bond donors (Lipinski definition) is 0. The van der Waals surface area contributed by atoms with Crippen LogP contribution in [0.3, 0.4) is 0 Å². The van der Waals surface area contributed by atoms with Gasteiger partial charge in [-0.15, -0.1) is 11.8 Å². The van der Waals surface area contributed by atoms with Crippen LogP contribution in [0.1, 0.15) is 21.9 Å². The third-order valence-electron chi connectivity index (χ3n) is 5.47. The van der Waals surface area contributed by atoms with Crippen molar-refractivity contribution in [2.45, 2.75) is 17.3 Å². The smallest absolute Gasteiger partial charge is 0.248 e. The quantitative estimate of drug-likeness (QED) is 0.400. The van der Waals surface area contributed by atoms with Crippen molar-refractivity contribution >= 4 is 22.2 Å². The molecule has 3 aromatic rings. The summed E-state index contributed by atoms with van der Waals surface area (Å²) in [6.07, 6.45) is 0. The van der Waals surface area contributed by atoms with Crippen LogP contribution in [0.2, 0.25) is 0 Å². The lowest BCUT2D eigenvalue weighted by atomic mass is 9.86. The van der Waals surface area contributed by atoms with Crippen LogP contribution < -0.4 is 0 Å². The van der Waals surface area contributed by atoms with E-state index in [1.54, 1.807) is 11.8 Å². The number of likely N-dealkylation sites (N-methyl/N-ethyl adjacent to an activating group) is 1. The van der Waals surface area contributed by atoms with E-state index in [0.29, 0.717) is 0 Å². The van der Waals surface area contributed by atoms with Crippen molar-refractivity contribution in [1.29, 1.82) is 0 Å². The summed E-state index contributed by atoms with van der Waals surface area (Å²) < 4.78 is 0. The van der Waals surface area contributed by atoms with Gasteiger partial charge >= 0.3 is 0 Å². The second-order valence-corrected chi connectivity index (χ2v) is 8.76. The highest BCUT2D eigenvalue weighted by molar-refractivity contribution is 8.08. The van der Waals surface area contributed by atoms with E-state index in [2.05, 4.69) is 24.3 Å². The Morgan fingerprint density at radius 3 is 1.80 bits per heavy atom. The number of nitrogens with zero attached hydrogens (tertiary/aromatic N) is 2. The number of thioether (sulfide) groups is 1. The Kier molecular flexibility index (Phi) is 6.02. The van der Waals surface area contributed by atoms with Crippen molar-refractivity contribution in [2.24, 2.45) is 0 Å². The minimum absolute atomic E-state index is 0.0972. The molecule has 30 heavy (non-hydrogen) atoms. The van der Waals surface area contributed by atoms with E-state index in [0.717, 1.165) is 27.2 Å². The van der Waals surface area contributed by atoms with Crippen LogP contribution in [-0.4, -0.2) is 36.0 Å². The maximum absolute atomic E-state index is 12.4. The number of nitro groups is 1. The molecule has 0 saturated heterocycles. The molecule has 4 nitrogen and oxygen atoms in total. The van der Waals surface area contributed by atoms with Crippen molar-refractivity contribution in [2.75, 3.05) is 14.1 Å². The van der Waals surface area contributed by atoms with E-state index >= 15 is 0 Å². The lowest BCUT2D eigenvalue weighted by Crippen LogP contribution is -2.48. The topological polar surface area (TPSA) is 46.4 Å². The molecule has 3 aromatic carbocycles. The highest BCUT2D eigenvalue weighted by Gasteiger charge is 2.49. The van der Waals surface area contributed by atoms with Gasteiger partial charge in [0.05, 0.1) is 0 Å². The first kappa shape index (κ1) is 20.4. The maximum Gasteiger partial charge on any atom is 0.248 e. The summed E-state index contributed by atoms with van der Waals surface area (Å²) in [5.41, 5.74) is 4.12. The molecule has 0 radical (unpaired) electrons. The monoisotopic (exact) mass is 416 g/mol. The Labute approximate surface area is 181 Å². The zero-order valence-corrected chi connectivity index (χ0v) is 17.8. The minimum atomic E-state index is -0.768. The van der Waals surface area contributed by atoms with E-state index in [9.17, 15) is 10.1 Å². The second-order valence-electron chi connectivity index (χ2n) is 7.61. The molecule has 0 aliphatic carbocycles. The molecular formula is C25H24N2O2S. The first-order valence-electron chi connectivity index (χ1n) is 9.94. The van der Waals surface area contributed by atoms with Crippen LogP contribution >= 0.6 is 11.8 Å². The van der Waals surface area contributed by atoms with Crippen LogP contribution in [-0.2, 0) is 0 Å². The van der Waals surface area contributed by atoms with E-state index < -0.39 is 6.04 Å². The summed E-state index contributed by atoms with van der Waals surface area (Å²) in [6.45, 7) is 0. The van der Waals surface area contributed by atoms with Crippen molar-refractivity contribution in [3.05, 3.63) is 118 Å². The van der Waals surface area contributed by atoms with Gasteiger partial charge in [-0.25, -0.2) is 0 Å². The van der Waals surface area contributed by atoms with Gasteiger partial charge in [0, 0.05) is 9.83 Å². The van der Waals surface area contributed by atoms with E-state index in [-0.39, 0.29) is 16.2 Å². The third kappa shape index (κ3) is 3.91. The molecule has 0 spiro atoms. The van der Waals surface area contributed by atoms with Crippen molar-refractivity contribution in [3.8, 4) is 0 Å². The molecule has 3 atom stereocenters. The lowest BCUT2D eigenvalue weighted by molar-refractivity contribution is -0.527. The van der Waals surface area contributed by atoms with E-state index in [1.165, 1.54) is 0 Å². The third-order valence-corrected chi connectivity index (χ3v) is 6.96. The molecule has 0 saturated carbocycles. The predicted octanol–water partition coefficient (Wildman–Crippen LogP) is 5.62. The van der Waals surface area contributed by atoms with Gasteiger partial charge in [0.25, 0.3) is 0 Å². The van der Waals surface area contributed by atoms with Crippen molar-refractivity contribution < 1.29 is 4.92 Å². The fraction of sp³-hybridized carbons (Fsp3) is 0.200. The average Bonchev–Trinajstić information content (AvgIpc) is 2.79. The molecule has 0 fully saturated rings. The summed E-state index contributed by atoms with van der Waals surface area (Å²) >= 11 is 1.61. The summed E-state index contributed by atoms with van der Waals surface area (Å²) in [5.74, 6) is 0. The van der Waals surface area contributed by atoms with Gasteiger partial charge in [-0.1, -0.05) is 91.0 Å². The molecule has 0 N–H and O–H groups in total. The zero-order chi connectivity index (χ0) is 21.1. The molecule has 0 amide bonds. The first-order valence-corrected chi connectivity index (χ1v) is 10.8. The molecule has 0 aromatic heterocycles. The van der Waals surface area contributed by atoms with Crippen LogP contribution in [0.25, 0.3) is 10.5 Å². The van der Waals surface area contributed by atoms with Crippen molar-refractivity contribution in [3.63, 3.8) is 0 Å². The van der Waals surface area contributed by atoms with Crippen LogP contribution in [0, 0.1) is 10.1 Å². The zero-order valence-electron chi connectivity index (χ0n) is 17.0. The molecule has 4 rings (SSSR count). The van der Waals surface area contributed by atoms with Crippen LogP contribution in [0.5, 0.6) is 0 Å². The van der Waals surface area contributed by atoms with Gasteiger partial charge in [-0.2, -0.15) is 0 Å². The minimum Gasteiger partial charge on any atom is -0.296 e. The van der Waals surface area contributed by atoms with Gasteiger partial charge < -0.3 is 0 Å². The summed E-state index contributed by atoms with van der Waals surface area (Å²) in [4.78, 5) is 15.4. The molecule has 1 aliphatic heterocycles. The number of benzene rings is 3. The van der Waals surface area contributed by atoms with E-state index in [4.69, 9.17) is 0 Å². The molecular weight excluding hydrogens is 392 g/mol. The Morgan fingerprint density at radius 2 is 1.30 bits per heavy atom. The summed E-state index contributed by atoms with van der Waals surface area (Å²) in [7, 11) is 3.87. The number of rotatable bonds is 5. The lowest BCUT2D eigenvalue weighted by Gasteiger charge is -2.39. The van der Waals surface area contributed by atoms with Gasteiger partial charge in [-0.3, -0.25) is 15.0 Å². The van der Waals surface area contributed by atoms with Crippen molar-refractivity contribution in [1.82, 2.24) is 4.90 Å². The SMILES string of the molecule is CN(C)[C@@H]1C(c2ccccc2)=C(c2ccccc2)S[C@@H](c2ccccc2)[C@@H]1[N+](=O)[O-].